The fraction of sp³-hybridized carbons (Fsp3) is 0.562. The molecule has 1 unspecified atom stereocenters. The Balaban J connectivity index is 1.75. The molecule has 1 aromatic rings. The molecule has 1 saturated heterocycles. The molecule has 1 aliphatic rings. The minimum atomic E-state index is -4.47. The lowest BCUT2D eigenvalue weighted by molar-refractivity contribution is -0.153. The van der Waals surface area contributed by atoms with Crippen molar-refractivity contribution in [2.24, 2.45) is 5.92 Å². The van der Waals surface area contributed by atoms with Crippen LogP contribution >= 0.6 is 0 Å². The number of rotatable bonds is 5. The second-order valence-corrected chi connectivity index (χ2v) is 6.07. The number of halogens is 4. The highest BCUT2D eigenvalue weighted by Crippen LogP contribution is 2.21. The van der Waals surface area contributed by atoms with E-state index in [2.05, 4.69) is 10.2 Å². The molecule has 0 saturated carbocycles. The van der Waals surface area contributed by atoms with E-state index in [0.29, 0.717) is 18.7 Å². The van der Waals surface area contributed by atoms with Crippen LogP contribution in [0.25, 0.3) is 0 Å². The van der Waals surface area contributed by atoms with Gasteiger partial charge in [0.1, 0.15) is 12.2 Å². The monoisotopic (exact) mass is 332 g/mol. The summed E-state index contributed by atoms with van der Waals surface area (Å²) in [6, 6.07) is 5.11. The summed E-state index contributed by atoms with van der Waals surface area (Å²) in [5.41, 5.74) is 1.47. The predicted molar refractivity (Wildman–Crippen MR) is 78.2 cm³/mol. The van der Waals surface area contributed by atoms with Crippen LogP contribution in [0.5, 0.6) is 0 Å². The summed E-state index contributed by atoms with van der Waals surface area (Å²) in [6.07, 6.45) is -5.10. The average molecular weight is 332 g/mol. The first kappa shape index (κ1) is 17.7. The van der Waals surface area contributed by atoms with Gasteiger partial charge in [0.15, 0.2) is 0 Å². The fourth-order valence-electron chi connectivity index (χ4n) is 2.72. The third-order valence-electron chi connectivity index (χ3n) is 3.96. The zero-order valence-corrected chi connectivity index (χ0v) is 12.9. The number of hydrogen-bond donors (Lipinski definition) is 1. The molecule has 1 atom stereocenters. The topological polar surface area (TPSA) is 32.3 Å². The predicted octanol–water partition coefficient (Wildman–Crippen LogP) is 3.02. The zero-order valence-electron chi connectivity index (χ0n) is 12.9. The van der Waals surface area contributed by atoms with E-state index in [1.165, 1.54) is 6.07 Å². The highest BCUT2D eigenvalue weighted by Gasteiger charge is 2.31. The van der Waals surface area contributed by atoms with E-state index < -0.39 is 18.5 Å². The summed E-state index contributed by atoms with van der Waals surface area (Å²) in [6.45, 7) is 4.02. The zero-order chi connectivity index (χ0) is 17.0. The lowest BCUT2D eigenvalue weighted by atomic mass is 10.1. The largest absolute Gasteiger partial charge is 0.397 e. The molecule has 23 heavy (non-hydrogen) atoms. The van der Waals surface area contributed by atoms with Gasteiger partial charge in [-0.3, -0.25) is 9.69 Å². The standard InChI is InChI=1S/C16H20F4N2O/c1-11-2-3-12(6-14(11)17)9-22-5-4-13(10-22)8-21-15(23)7-16(18,19)20/h2-3,6,13H,4-5,7-10H2,1H3,(H,21,23). The van der Waals surface area contributed by atoms with E-state index in [1.54, 1.807) is 13.0 Å². The normalized spacial score (nSPS) is 19.1. The third-order valence-corrected chi connectivity index (χ3v) is 3.96. The minimum absolute atomic E-state index is 0.127. The van der Waals surface area contributed by atoms with Crippen molar-refractivity contribution < 1.29 is 22.4 Å². The van der Waals surface area contributed by atoms with Gasteiger partial charge >= 0.3 is 6.18 Å². The van der Waals surface area contributed by atoms with Crippen LogP contribution in [0.4, 0.5) is 17.6 Å². The second kappa shape index (κ2) is 7.29. The summed E-state index contributed by atoms with van der Waals surface area (Å²) in [4.78, 5) is 13.3. The Kier molecular flexibility index (Phi) is 5.62. The Morgan fingerprint density at radius 1 is 1.39 bits per heavy atom. The number of alkyl halides is 3. The van der Waals surface area contributed by atoms with Gasteiger partial charge in [0, 0.05) is 19.6 Å². The van der Waals surface area contributed by atoms with Crippen LogP contribution in [-0.2, 0) is 11.3 Å². The van der Waals surface area contributed by atoms with Crippen molar-refractivity contribution in [3.63, 3.8) is 0 Å². The van der Waals surface area contributed by atoms with Crippen LogP contribution < -0.4 is 5.32 Å². The van der Waals surface area contributed by atoms with E-state index in [4.69, 9.17) is 0 Å². The molecule has 1 heterocycles. The Hall–Kier alpha value is -1.63. The molecule has 2 rings (SSSR count). The molecular weight excluding hydrogens is 312 g/mol. The lowest BCUT2D eigenvalue weighted by Gasteiger charge is -2.17. The van der Waals surface area contributed by atoms with Gasteiger partial charge in [0.05, 0.1) is 0 Å². The highest BCUT2D eigenvalue weighted by atomic mass is 19.4. The Labute approximate surface area is 132 Å². The molecule has 1 aromatic carbocycles. The van der Waals surface area contributed by atoms with E-state index in [-0.39, 0.29) is 18.3 Å². The van der Waals surface area contributed by atoms with E-state index in [0.717, 1.165) is 18.5 Å². The van der Waals surface area contributed by atoms with Crippen LogP contribution in [0.3, 0.4) is 0 Å². The first-order valence-corrected chi connectivity index (χ1v) is 7.54. The van der Waals surface area contributed by atoms with Gasteiger partial charge in [-0.2, -0.15) is 13.2 Å². The minimum Gasteiger partial charge on any atom is -0.355 e. The van der Waals surface area contributed by atoms with Crippen molar-refractivity contribution in [3.8, 4) is 0 Å². The number of hydrogen-bond acceptors (Lipinski definition) is 2. The molecule has 3 nitrogen and oxygen atoms in total. The summed E-state index contributed by atoms with van der Waals surface area (Å²) < 4.78 is 49.7. The molecule has 0 spiro atoms. The number of likely N-dealkylation sites (tertiary alicyclic amines) is 1. The summed E-state index contributed by atoms with van der Waals surface area (Å²) in [5.74, 6) is -1.10. The second-order valence-electron chi connectivity index (χ2n) is 6.07. The molecule has 7 heteroatoms. The Morgan fingerprint density at radius 2 is 2.13 bits per heavy atom. The number of benzene rings is 1. The summed E-state index contributed by atoms with van der Waals surface area (Å²) in [7, 11) is 0. The highest BCUT2D eigenvalue weighted by molar-refractivity contribution is 5.76. The maximum absolute atomic E-state index is 13.5. The molecular formula is C16H20F4N2O. The lowest BCUT2D eigenvalue weighted by Crippen LogP contribution is -2.33. The molecule has 128 valence electrons. The van der Waals surface area contributed by atoms with Crippen LogP contribution in [0, 0.1) is 18.7 Å². The van der Waals surface area contributed by atoms with Crippen LogP contribution in [0.1, 0.15) is 24.0 Å². The smallest absolute Gasteiger partial charge is 0.355 e. The molecule has 0 aliphatic carbocycles. The van der Waals surface area contributed by atoms with Gasteiger partial charge < -0.3 is 5.32 Å². The maximum Gasteiger partial charge on any atom is 0.397 e. The average Bonchev–Trinajstić information content (AvgIpc) is 2.86. The molecule has 0 aromatic heterocycles. The number of nitrogens with one attached hydrogen (secondary N) is 1. The summed E-state index contributed by atoms with van der Waals surface area (Å²) in [5, 5.41) is 2.34. The van der Waals surface area contributed by atoms with Crippen LogP contribution in [0.15, 0.2) is 18.2 Å². The number of carbonyl (C=O) groups is 1. The maximum atomic E-state index is 13.5. The van der Waals surface area contributed by atoms with E-state index >= 15 is 0 Å². The number of nitrogens with zero attached hydrogens (tertiary/aromatic N) is 1. The third kappa shape index (κ3) is 5.82. The van der Waals surface area contributed by atoms with Gasteiger partial charge in [-0.25, -0.2) is 4.39 Å². The van der Waals surface area contributed by atoms with Crippen molar-refractivity contribution in [1.29, 1.82) is 0 Å². The first-order chi connectivity index (χ1) is 10.7. The first-order valence-electron chi connectivity index (χ1n) is 7.54. The number of aryl methyl sites for hydroxylation is 1. The molecule has 1 aliphatic heterocycles. The summed E-state index contributed by atoms with van der Waals surface area (Å²) >= 11 is 0. The van der Waals surface area contributed by atoms with E-state index in [1.807, 2.05) is 6.07 Å². The van der Waals surface area contributed by atoms with Crippen LogP contribution in [0.2, 0.25) is 0 Å². The number of carbonyl (C=O) groups excluding carboxylic acids is 1. The number of amides is 1. The fourth-order valence-corrected chi connectivity index (χ4v) is 2.72. The van der Waals surface area contributed by atoms with Gasteiger partial charge in [0.2, 0.25) is 5.91 Å². The van der Waals surface area contributed by atoms with E-state index in [9.17, 15) is 22.4 Å². The quantitative estimate of drug-likeness (QED) is 0.841. The molecule has 0 radical (unpaired) electrons. The Bertz CT molecular complexity index is 560. The van der Waals surface area contributed by atoms with Crippen LogP contribution in [-0.4, -0.2) is 36.6 Å². The molecule has 1 amide bonds. The Morgan fingerprint density at radius 3 is 2.78 bits per heavy atom. The van der Waals surface area contributed by atoms with Gasteiger partial charge in [-0.1, -0.05) is 12.1 Å². The molecule has 1 N–H and O–H groups in total. The van der Waals surface area contributed by atoms with Crippen molar-refractivity contribution in [1.82, 2.24) is 10.2 Å². The molecule has 1 fully saturated rings. The van der Waals surface area contributed by atoms with Gasteiger partial charge in [0.25, 0.3) is 0 Å². The van der Waals surface area contributed by atoms with Gasteiger partial charge in [-0.05, 0) is 43.0 Å². The SMILES string of the molecule is Cc1ccc(CN2CCC(CNC(=O)CC(F)(F)F)C2)cc1F. The van der Waals surface area contributed by atoms with Crippen molar-refractivity contribution >= 4 is 5.91 Å². The molecule has 0 bridgehead atoms. The van der Waals surface area contributed by atoms with Crippen molar-refractivity contribution in [2.75, 3.05) is 19.6 Å². The van der Waals surface area contributed by atoms with Gasteiger partial charge in [-0.15, -0.1) is 0 Å². The van der Waals surface area contributed by atoms with Crippen molar-refractivity contribution in [2.45, 2.75) is 32.5 Å². The van der Waals surface area contributed by atoms with Crippen molar-refractivity contribution in [3.05, 3.63) is 35.1 Å².